The molecule has 0 bridgehead atoms. The lowest BCUT2D eigenvalue weighted by atomic mass is 9.94. The van der Waals surface area contributed by atoms with Crippen LogP contribution >= 0.6 is 0 Å². The summed E-state index contributed by atoms with van der Waals surface area (Å²) in [5.74, 6) is 0.778. The molecule has 4 heteroatoms. The van der Waals surface area contributed by atoms with E-state index in [0.29, 0.717) is 6.04 Å². The Labute approximate surface area is 131 Å². The van der Waals surface area contributed by atoms with Gasteiger partial charge >= 0.3 is 0 Å². The molecule has 2 saturated heterocycles. The van der Waals surface area contributed by atoms with E-state index in [2.05, 4.69) is 42.8 Å². The van der Waals surface area contributed by atoms with Gasteiger partial charge in [0.2, 0.25) is 0 Å². The van der Waals surface area contributed by atoms with Gasteiger partial charge in [-0.25, -0.2) is 0 Å². The molecule has 0 aromatic carbocycles. The minimum Gasteiger partial charge on any atom is -0.379 e. The lowest BCUT2D eigenvalue weighted by Crippen LogP contribution is -2.62. The molecular formula is C17H35N3O. The predicted molar refractivity (Wildman–Crippen MR) is 88.8 cm³/mol. The number of hydrogen-bond donors (Lipinski definition) is 1. The zero-order valence-electron chi connectivity index (χ0n) is 14.5. The lowest BCUT2D eigenvalue weighted by Gasteiger charge is -2.45. The van der Waals surface area contributed by atoms with Crippen LogP contribution in [0.4, 0.5) is 0 Å². The Morgan fingerprint density at radius 3 is 2.57 bits per heavy atom. The van der Waals surface area contributed by atoms with Crippen LogP contribution in [-0.2, 0) is 4.74 Å². The molecule has 0 saturated carbocycles. The van der Waals surface area contributed by atoms with Crippen LogP contribution in [0.5, 0.6) is 0 Å². The number of rotatable bonds is 6. The molecule has 4 nitrogen and oxygen atoms in total. The third-order valence-electron chi connectivity index (χ3n) is 4.70. The van der Waals surface area contributed by atoms with E-state index in [4.69, 9.17) is 4.74 Å². The third-order valence-corrected chi connectivity index (χ3v) is 4.70. The van der Waals surface area contributed by atoms with E-state index in [0.717, 1.165) is 38.8 Å². The largest absolute Gasteiger partial charge is 0.379 e. The minimum atomic E-state index is 0.256. The minimum absolute atomic E-state index is 0.256. The first-order chi connectivity index (χ1) is 9.96. The number of piperazine rings is 1. The van der Waals surface area contributed by atoms with Crippen LogP contribution in [0.3, 0.4) is 0 Å². The number of nitrogens with zero attached hydrogens (tertiary/aromatic N) is 2. The van der Waals surface area contributed by atoms with Crippen molar-refractivity contribution in [1.29, 1.82) is 0 Å². The highest BCUT2D eigenvalue weighted by atomic mass is 16.5. The monoisotopic (exact) mass is 297 g/mol. The van der Waals surface area contributed by atoms with E-state index < -0.39 is 0 Å². The van der Waals surface area contributed by atoms with Crippen molar-refractivity contribution in [1.82, 2.24) is 15.1 Å². The average Bonchev–Trinajstić information content (AvgIpc) is 2.42. The van der Waals surface area contributed by atoms with Crippen LogP contribution in [0.1, 0.15) is 40.5 Å². The molecule has 0 radical (unpaired) electrons. The molecule has 0 aliphatic carbocycles. The Balaban J connectivity index is 1.78. The number of ether oxygens (including phenoxy) is 1. The van der Waals surface area contributed by atoms with Crippen molar-refractivity contribution >= 4 is 0 Å². The number of nitrogens with one attached hydrogen (secondary N) is 1. The Morgan fingerprint density at radius 2 is 1.90 bits per heavy atom. The summed E-state index contributed by atoms with van der Waals surface area (Å²) in [6.45, 7) is 18.2. The summed E-state index contributed by atoms with van der Waals surface area (Å²) >= 11 is 0. The summed E-state index contributed by atoms with van der Waals surface area (Å²) in [6.07, 6.45) is 2.59. The molecule has 2 rings (SSSR count). The molecule has 2 aliphatic rings. The zero-order valence-corrected chi connectivity index (χ0v) is 14.5. The summed E-state index contributed by atoms with van der Waals surface area (Å²) in [6, 6.07) is 0.711. The summed E-state index contributed by atoms with van der Waals surface area (Å²) in [5, 5.41) is 3.71. The van der Waals surface area contributed by atoms with Gasteiger partial charge in [0.1, 0.15) is 0 Å². The summed E-state index contributed by atoms with van der Waals surface area (Å²) in [7, 11) is 0. The Hall–Kier alpha value is -0.160. The molecule has 21 heavy (non-hydrogen) atoms. The van der Waals surface area contributed by atoms with Crippen LogP contribution in [-0.4, -0.2) is 73.9 Å². The van der Waals surface area contributed by atoms with E-state index in [9.17, 15) is 0 Å². The van der Waals surface area contributed by atoms with Gasteiger partial charge in [-0.15, -0.1) is 0 Å². The molecule has 2 aliphatic heterocycles. The van der Waals surface area contributed by atoms with Crippen LogP contribution in [0.25, 0.3) is 0 Å². The molecule has 1 atom stereocenters. The van der Waals surface area contributed by atoms with Crippen LogP contribution in [0.15, 0.2) is 0 Å². The van der Waals surface area contributed by atoms with Crippen LogP contribution < -0.4 is 5.32 Å². The fourth-order valence-electron chi connectivity index (χ4n) is 3.58. The SMILES string of the molecule is CC(C)CC1CNC(C)(C)CN1CCCN1CCOCC1. The smallest absolute Gasteiger partial charge is 0.0594 e. The molecule has 0 amide bonds. The van der Waals surface area contributed by atoms with Crippen molar-refractivity contribution in [3.63, 3.8) is 0 Å². The van der Waals surface area contributed by atoms with Crippen LogP contribution in [0, 0.1) is 5.92 Å². The second kappa shape index (κ2) is 7.91. The van der Waals surface area contributed by atoms with E-state index >= 15 is 0 Å². The highest BCUT2D eigenvalue weighted by Crippen LogP contribution is 2.20. The second-order valence-electron chi connectivity index (χ2n) is 7.83. The van der Waals surface area contributed by atoms with Crippen molar-refractivity contribution in [2.24, 2.45) is 5.92 Å². The lowest BCUT2D eigenvalue weighted by molar-refractivity contribution is 0.0319. The third kappa shape index (κ3) is 5.85. The van der Waals surface area contributed by atoms with E-state index in [1.54, 1.807) is 0 Å². The molecule has 1 N–H and O–H groups in total. The fraction of sp³-hybridized carbons (Fsp3) is 1.00. The van der Waals surface area contributed by atoms with Crippen molar-refractivity contribution in [3.8, 4) is 0 Å². The molecule has 0 aromatic heterocycles. The quantitative estimate of drug-likeness (QED) is 0.809. The Kier molecular flexibility index (Phi) is 6.48. The maximum Gasteiger partial charge on any atom is 0.0594 e. The van der Waals surface area contributed by atoms with Gasteiger partial charge in [0, 0.05) is 37.8 Å². The first kappa shape index (κ1) is 17.2. The Bertz CT molecular complexity index is 300. The maximum absolute atomic E-state index is 5.42. The van der Waals surface area contributed by atoms with Gasteiger partial charge in [0.05, 0.1) is 13.2 Å². The fourth-order valence-corrected chi connectivity index (χ4v) is 3.58. The normalized spacial score (nSPS) is 28.1. The van der Waals surface area contributed by atoms with E-state index in [-0.39, 0.29) is 5.54 Å². The van der Waals surface area contributed by atoms with Gasteiger partial charge in [-0.3, -0.25) is 9.80 Å². The van der Waals surface area contributed by atoms with Crippen molar-refractivity contribution in [2.45, 2.75) is 52.1 Å². The molecular weight excluding hydrogens is 262 g/mol. The van der Waals surface area contributed by atoms with Gasteiger partial charge < -0.3 is 10.1 Å². The maximum atomic E-state index is 5.42. The summed E-state index contributed by atoms with van der Waals surface area (Å²) in [4.78, 5) is 5.28. The van der Waals surface area contributed by atoms with Crippen LogP contribution in [0.2, 0.25) is 0 Å². The highest BCUT2D eigenvalue weighted by molar-refractivity contribution is 4.92. The van der Waals surface area contributed by atoms with Crippen molar-refractivity contribution in [2.75, 3.05) is 52.5 Å². The van der Waals surface area contributed by atoms with Gasteiger partial charge in [-0.1, -0.05) is 13.8 Å². The number of hydrogen-bond acceptors (Lipinski definition) is 4. The molecule has 2 fully saturated rings. The highest BCUT2D eigenvalue weighted by Gasteiger charge is 2.32. The van der Waals surface area contributed by atoms with Crippen molar-refractivity contribution < 1.29 is 4.74 Å². The van der Waals surface area contributed by atoms with Crippen molar-refractivity contribution in [3.05, 3.63) is 0 Å². The zero-order chi connectivity index (χ0) is 15.3. The van der Waals surface area contributed by atoms with Gasteiger partial charge in [0.25, 0.3) is 0 Å². The van der Waals surface area contributed by atoms with E-state index in [1.165, 1.54) is 32.5 Å². The standard InChI is InChI=1S/C17H35N3O/c1-15(2)12-16-13-18-17(3,4)14-20(16)7-5-6-19-8-10-21-11-9-19/h15-16,18H,5-14H2,1-4H3. The number of morpholine rings is 1. The summed E-state index contributed by atoms with van der Waals surface area (Å²) in [5.41, 5.74) is 0.256. The van der Waals surface area contributed by atoms with Gasteiger partial charge in [-0.2, -0.15) is 0 Å². The average molecular weight is 297 g/mol. The molecule has 2 heterocycles. The molecule has 0 aromatic rings. The molecule has 1 unspecified atom stereocenters. The molecule has 0 spiro atoms. The first-order valence-electron chi connectivity index (χ1n) is 8.75. The summed E-state index contributed by atoms with van der Waals surface area (Å²) < 4.78 is 5.42. The topological polar surface area (TPSA) is 27.7 Å². The van der Waals surface area contributed by atoms with E-state index in [1.807, 2.05) is 0 Å². The van der Waals surface area contributed by atoms with Gasteiger partial charge in [0.15, 0.2) is 0 Å². The first-order valence-corrected chi connectivity index (χ1v) is 8.75. The second-order valence-corrected chi connectivity index (χ2v) is 7.83. The van der Waals surface area contributed by atoms with Gasteiger partial charge in [-0.05, 0) is 45.7 Å². The Morgan fingerprint density at radius 1 is 1.19 bits per heavy atom. The molecule has 124 valence electrons. The predicted octanol–water partition coefficient (Wildman–Crippen LogP) is 1.81.